The van der Waals surface area contributed by atoms with Gasteiger partial charge in [-0.25, -0.2) is 0 Å². The third-order valence-electron chi connectivity index (χ3n) is 3.16. The van der Waals surface area contributed by atoms with E-state index in [1.54, 1.807) is 0 Å². The van der Waals surface area contributed by atoms with Crippen LogP contribution in [0.5, 0.6) is 5.75 Å². The van der Waals surface area contributed by atoms with Crippen molar-refractivity contribution in [2.45, 2.75) is 6.18 Å². The zero-order valence-electron chi connectivity index (χ0n) is 11.9. The fourth-order valence-corrected chi connectivity index (χ4v) is 2.03. The van der Waals surface area contributed by atoms with Crippen molar-refractivity contribution in [1.82, 2.24) is 0 Å². The molecule has 24 heavy (non-hydrogen) atoms. The van der Waals surface area contributed by atoms with Crippen LogP contribution in [0.3, 0.4) is 0 Å². The molecule has 0 unspecified atom stereocenters. The molecule has 0 atom stereocenters. The molecular weight excluding hydrogens is 327 g/mol. The molecule has 0 bridgehead atoms. The molecule has 1 N–H and O–H groups in total. The highest BCUT2D eigenvalue weighted by Gasteiger charge is 2.32. The van der Waals surface area contributed by atoms with Crippen LogP contribution in [0.2, 0.25) is 0 Å². The second-order valence-electron chi connectivity index (χ2n) is 4.71. The van der Waals surface area contributed by atoms with Crippen molar-refractivity contribution in [2.24, 2.45) is 0 Å². The molecular formula is C16H10F3NO4. The molecule has 0 saturated carbocycles. The molecule has 0 heterocycles. The Bertz CT molecular complexity index is 828. The smallest absolute Gasteiger partial charge is 0.416 e. The molecule has 0 radical (unpaired) electrons. The summed E-state index contributed by atoms with van der Waals surface area (Å²) in [6.45, 7) is 0. The second-order valence-corrected chi connectivity index (χ2v) is 4.71. The van der Waals surface area contributed by atoms with Crippen molar-refractivity contribution < 1.29 is 28.0 Å². The van der Waals surface area contributed by atoms with Gasteiger partial charge in [0.25, 0.3) is 0 Å². The van der Waals surface area contributed by atoms with Crippen LogP contribution in [0, 0.1) is 10.1 Å². The number of aromatic hydroxyl groups is 1. The third-order valence-corrected chi connectivity index (χ3v) is 3.16. The monoisotopic (exact) mass is 337 g/mol. The van der Waals surface area contributed by atoms with Gasteiger partial charge in [0.15, 0.2) is 5.78 Å². The molecule has 0 spiro atoms. The van der Waals surface area contributed by atoms with Gasteiger partial charge in [-0.15, -0.1) is 0 Å². The lowest BCUT2D eigenvalue weighted by Crippen LogP contribution is -2.07. The Morgan fingerprint density at radius 2 is 1.79 bits per heavy atom. The number of nitro benzene ring substituents is 1. The first kappa shape index (κ1) is 17.2. The number of hydrogen-bond acceptors (Lipinski definition) is 4. The Balaban J connectivity index is 2.37. The normalized spacial score (nSPS) is 11.6. The van der Waals surface area contributed by atoms with Gasteiger partial charge in [0.2, 0.25) is 5.75 Å². The summed E-state index contributed by atoms with van der Waals surface area (Å²) in [6, 6.07) is 8.00. The predicted octanol–water partition coefficient (Wildman–Crippen LogP) is 4.22. The lowest BCUT2D eigenvalue weighted by atomic mass is 10.0. The first-order valence-electron chi connectivity index (χ1n) is 6.57. The van der Waals surface area contributed by atoms with E-state index in [1.807, 2.05) is 0 Å². The maximum absolute atomic E-state index is 12.9. The number of ketones is 1. The number of allylic oxidation sites excluding steroid dienone is 1. The summed E-state index contributed by atoms with van der Waals surface area (Å²) in [5, 5.41) is 20.5. The molecule has 2 aromatic rings. The van der Waals surface area contributed by atoms with Crippen molar-refractivity contribution in [3.63, 3.8) is 0 Å². The summed E-state index contributed by atoms with van der Waals surface area (Å²) in [4.78, 5) is 21.9. The Labute approximate surface area is 133 Å². The number of carbonyl (C=O) groups excluding carboxylic acids is 1. The molecule has 2 rings (SSSR count). The number of benzene rings is 2. The van der Waals surface area contributed by atoms with Crippen LogP contribution in [-0.2, 0) is 6.18 Å². The summed E-state index contributed by atoms with van der Waals surface area (Å²) in [6.07, 6.45) is -2.82. The zero-order valence-corrected chi connectivity index (χ0v) is 11.9. The quantitative estimate of drug-likeness (QED) is 0.392. The SMILES string of the molecule is O=C(/C=C/c1ccccc1C(F)(F)F)c1cccc([N+](=O)[O-])c1O. The van der Waals surface area contributed by atoms with Crippen molar-refractivity contribution in [3.8, 4) is 5.75 Å². The Morgan fingerprint density at radius 3 is 2.42 bits per heavy atom. The van der Waals surface area contributed by atoms with E-state index in [9.17, 15) is 33.2 Å². The number of phenolic OH excluding ortho intramolecular Hbond substituents is 1. The van der Waals surface area contributed by atoms with Crippen LogP contribution in [0.25, 0.3) is 6.08 Å². The molecule has 0 aliphatic rings. The van der Waals surface area contributed by atoms with E-state index in [2.05, 4.69) is 0 Å². The summed E-state index contributed by atoms with van der Waals surface area (Å²) in [7, 11) is 0. The number of alkyl halides is 3. The number of nitrogens with zero attached hydrogens (tertiary/aromatic N) is 1. The van der Waals surface area contributed by atoms with Crippen LogP contribution >= 0.6 is 0 Å². The minimum Gasteiger partial charge on any atom is -0.502 e. The third kappa shape index (κ3) is 3.60. The first-order valence-corrected chi connectivity index (χ1v) is 6.57. The zero-order chi connectivity index (χ0) is 17.9. The fourth-order valence-electron chi connectivity index (χ4n) is 2.03. The maximum atomic E-state index is 12.9. The molecule has 2 aromatic carbocycles. The van der Waals surface area contributed by atoms with Crippen LogP contribution in [0.15, 0.2) is 48.5 Å². The highest BCUT2D eigenvalue weighted by atomic mass is 19.4. The minimum atomic E-state index is -4.59. The molecule has 0 aliphatic heterocycles. The summed E-state index contributed by atoms with van der Waals surface area (Å²) in [5.41, 5.74) is -2.18. The van der Waals surface area contributed by atoms with Crippen molar-refractivity contribution in [3.05, 3.63) is 75.3 Å². The van der Waals surface area contributed by atoms with Gasteiger partial charge in [0.1, 0.15) is 0 Å². The van der Waals surface area contributed by atoms with E-state index in [4.69, 9.17) is 0 Å². The fraction of sp³-hybridized carbons (Fsp3) is 0.0625. The van der Waals surface area contributed by atoms with E-state index < -0.39 is 33.9 Å². The highest BCUT2D eigenvalue weighted by Crippen LogP contribution is 2.33. The average molecular weight is 337 g/mol. The molecule has 0 amide bonds. The Morgan fingerprint density at radius 1 is 1.12 bits per heavy atom. The van der Waals surface area contributed by atoms with Crippen LogP contribution in [-0.4, -0.2) is 15.8 Å². The van der Waals surface area contributed by atoms with Gasteiger partial charge >= 0.3 is 11.9 Å². The predicted molar refractivity (Wildman–Crippen MR) is 79.6 cm³/mol. The van der Waals surface area contributed by atoms with E-state index >= 15 is 0 Å². The highest BCUT2D eigenvalue weighted by molar-refractivity contribution is 6.09. The van der Waals surface area contributed by atoms with Gasteiger partial charge in [0.05, 0.1) is 16.1 Å². The van der Waals surface area contributed by atoms with Crippen molar-refractivity contribution in [2.75, 3.05) is 0 Å². The van der Waals surface area contributed by atoms with Crippen molar-refractivity contribution in [1.29, 1.82) is 0 Å². The van der Waals surface area contributed by atoms with Crippen molar-refractivity contribution >= 4 is 17.5 Å². The molecule has 8 heteroatoms. The van der Waals surface area contributed by atoms with Gasteiger partial charge in [-0.2, -0.15) is 13.2 Å². The van der Waals surface area contributed by atoms with Crippen LogP contribution in [0.4, 0.5) is 18.9 Å². The molecule has 0 aromatic heterocycles. The topological polar surface area (TPSA) is 80.4 Å². The second kappa shape index (κ2) is 6.53. The number of halogens is 3. The first-order chi connectivity index (χ1) is 11.2. The molecule has 124 valence electrons. The lowest BCUT2D eigenvalue weighted by molar-refractivity contribution is -0.385. The number of para-hydroxylation sites is 1. The van der Waals surface area contributed by atoms with Gasteiger partial charge in [-0.3, -0.25) is 14.9 Å². The van der Waals surface area contributed by atoms with Crippen LogP contribution < -0.4 is 0 Å². The average Bonchev–Trinajstić information content (AvgIpc) is 2.52. The summed E-state index contributed by atoms with van der Waals surface area (Å²) >= 11 is 0. The van der Waals surface area contributed by atoms with E-state index in [1.165, 1.54) is 24.3 Å². The molecule has 5 nitrogen and oxygen atoms in total. The maximum Gasteiger partial charge on any atom is 0.416 e. The summed E-state index contributed by atoms with van der Waals surface area (Å²) in [5.74, 6) is -1.69. The summed E-state index contributed by atoms with van der Waals surface area (Å²) < 4.78 is 38.6. The van der Waals surface area contributed by atoms with Gasteiger partial charge in [-0.1, -0.05) is 30.3 Å². The molecule has 0 fully saturated rings. The number of hydrogen-bond donors (Lipinski definition) is 1. The van der Waals surface area contributed by atoms with E-state index in [-0.39, 0.29) is 11.1 Å². The van der Waals surface area contributed by atoms with Crippen LogP contribution in [0.1, 0.15) is 21.5 Å². The standard InChI is InChI=1S/C16H10F3NO4/c17-16(18,19)12-6-2-1-4-10(12)8-9-14(21)11-5-3-7-13(15(11)22)20(23)24/h1-9,22H/b9-8+. The number of phenols is 1. The largest absolute Gasteiger partial charge is 0.502 e. The van der Waals surface area contributed by atoms with Gasteiger partial charge in [-0.05, 0) is 23.8 Å². The number of nitro groups is 1. The minimum absolute atomic E-state index is 0.233. The molecule has 0 aliphatic carbocycles. The van der Waals surface area contributed by atoms with E-state index in [0.717, 1.165) is 30.4 Å². The Kier molecular flexibility index (Phi) is 4.68. The Hall–Kier alpha value is -3.16. The van der Waals surface area contributed by atoms with E-state index in [0.29, 0.717) is 0 Å². The van der Waals surface area contributed by atoms with Gasteiger partial charge < -0.3 is 5.11 Å². The molecule has 0 saturated heterocycles. The lowest BCUT2D eigenvalue weighted by Gasteiger charge is -2.09. The number of rotatable bonds is 4. The number of carbonyl (C=O) groups is 1. The van der Waals surface area contributed by atoms with Gasteiger partial charge in [0, 0.05) is 6.07 Å².